The first-order chi connectivity index (χ1) is 10.3. The Morgan fingerprint density at radius 3 is 2.36 bits per heavy atom. The van der Waals surface area contributed by atoms with Crippen molar-refractivity contribution in [2.45, 2.75) is 4.90 Å². The molecule has 0 aliphatic heterocycles. The largest absolute Gasteiger partial charge is 0.497 e. The maximum absolute atomic E-state index is 12.2. The number of anilines is 1. The summed E-state index contributed by atoms with van der Waals surface area (Å²) < 4.78 is 31.8. The van der Waals surface area contributed by atoms with Crippen molar-refractivity contribution in [2.24, 2.45) is 0 Å². The molecule has 2 aromatic carbocycles. The SMILES string of the molecule is COc1ccc(NS(=O)(=O)c2ccc(Cl)c([N+](=O)[O-])c2)cc1. The smallest absolute Gasteiger partial charge is 0.289 e. The van der Waals surface area contributed by atoms with Gasteiger partial charge in [0.2, 0.25) is 0 Å². The van der Waals surface area contributed by atoms with Gasteiger partial charge >= 0.3 is 0 Å². The summed E-state index contributed by atoms with van der Waals surface area (Å²) in [7, 11) is -2.47. The zero-order chi connectivity index (χ0) is 16.3. The van der Waals surface area contributed by atoms with E-state index in [1.807, 2.05) is 0 Å². The highest BCUT2D eigenvalue weighted by molar-refractivity contribution is 7.92. The summed E-state index contributed by atoms with van der Waals surface area (Å²) in [5, 5.41) is 10.7. The highest BCUT2D eigenvalue weighted by Crippen LogP contribution is 2.28. The number of benzene rings is 2. The second-order valence-corrected chi connectivity index (χ2v) is 6.29. The molecule has 0 bridgehead atoms. The number of nitro benzene ring substituents is 1. The highest BCUT2D eigenvalue weighted by atomic mass is 35.5. The molecule has 0 aliphatic rings. The Balaban J connectivity index is 2.33. The minimum Gasteiger partial charge on any atom is -0.497 e. The Kier molecular flexibility index (Phi) is 4.53. The van der Waals surface area contributed by atoms with Crippen LogP contribution >= 0.6 is 11.6 Å². The monoisotopic (exact) mass is 342 g/mol. The molecular formula is C13H11ClN2O5S. The molecule has 0 amide bonds. The van der Waals surface area contributed by atoms with Crippen LogP contribution in [0.3, 0.4) is 0 Å². The number of hydrogen-bond donors (Lipinski definition) is 1. The summed E-state index contributed by atoms with van der Waals surface area (Å²) in [6.07, 6.45) is 0. The van der Waals surface area contributed by atoms with Crippen molar-refractivity contribution in [3.63, 3.8) is 0 Å². The fourth-order valence-corrected chi connectivity index (χ4v) is 2.94. The third-order valence-electron chi connectivity index (χ3n) is 2.77. The topological polar surface area (TPSA) is 98.5 Å². The average molecular weight is 343 g/mol. The van der Waals surface area contributed by atoms with Gasteiger partial charge in [-0.3, -0.25) is 14.8 Å². The molecule has 0 spiro atoms. The number of nitro groups is 1. The number of methoxy groups -OCH3 is 1. The molecule has 7 nitrogen and oxygen atoms in total. The van der Waals surface area contributed by atoms with Crippen LogP contribution in [0.15, 0.2) is 47.4 Å². The standard InChI is InChI=1S/C13H11ClN2O5S/c1-21-10-4-2-9(3-5-10)15-22(19,20)11-6-7-12(14)13(8-11)16(17)18/h2-8,15H,1H3. The van der Waals surface area contributed by atoms with Crippen LogP contribution < -0.4 is 9.46 Å². The maximum Gasteiger partial charge on any atom is 0.289 e. The van der Waals surface area contributed by atoms with E-state index in [4.69, 9.17) is 16.3 Å². The van der Waals surface area contributed by atoms with E-state index in [-0.39, 0.29) is 9.92 Å². The van der Waals surface area contributed by atoms with Gasteiger partial charge in [-0.15, -0.1) is 0 Å². The van der Waals surface area contributed by atoms with Gasteiger partial charge in [-0.1, -0.05) is 11.6 Å². The number of sulfonamides is 1. The Morgan fingerprint density at radius 1 is 1.18 bits per heavy atom. The van der Waals surface area contributed by atoms with Gasteiger partial charge in [-0.2, -0.15) is 0 Å². The van der Waals surface area contributed by atoms with Gasteiger partial charge in [-0.25, -0.2) is 8.42 Å². The van der Waals surface area contributed by atoms with Crippen LogP contribution in [0, 0.1) is 10.1 Å². The zero-order valence-electron chi connectivity index (χ0n) is 11.3. The molecule has 2 aromatic rings. The molecule has 0 radical (unpaired) electrons. The predicted molar refractivity (Wildman–Crippen MR) is 81.9 cm³/mol. The minimum atomic E-state index is -3.96. The van der Waals surface area contributed by atoms with E-state index >= 15 is 0 Å². The quantitative estimate of drug-likeness (QED) is 0.665. The molecule has 0 saturated carbocycles. The number of ether oxygens (including phenoxy) is 1. The van der Waals surface area contributed by atoms with E-state index in [2.05, 4.69) is 4.72 Å². The zero-order valence-corrected chi connectivity index (χ0v) is 12.9. The van der Waals surface area contributed by atoms with Crippen molar-refractivity contribution >= 4 is 33.0 Å². The third kappa shape index (κ3) is 3.46. The van der Waals surface area contributed by atoms with Crippen LogP contribution in [0.1, 0.15) is 0 Å². The first kappa shape index (κ1) is 16.1. The summed E-state index contributed by atoms with van der Waals surface area (Å²) in [4.78, 5) is 9.83. The van der Waals surface area contributed by atoms with Gasteiger partial charge in [0, 0.05) is 11.8 Å². The van der Waals surface area contributed by atoms with Crippen LogP contribution in [0.4, 0.5) is 11.4 Å². The fraction of sp³-hybridized carbons (Fsp3) is 0.0769. The van der Waals surface area contributed by atoms with E-state index in [0.29, 0.717) is 11.4 Å². The van der Waals surface area contributed by atoms with Gasteiger partial charge in [0.25, 0.3) is 15.7 Å². The van der Waals surface area contributed by atoms with Crippen molar-refractivity contribution < 1.29 is 18.1 Å². The molecule has 22 heavy (non-hydrogen) atoms. The van der Waals surface area contributed by atoms with Gasteiger partial charge in [0.1, 0.15) is 10.8 Å². The van der Waals surface area contributed by atoms with Crippen molar-refractivity contribution in [1.82, 2.24) is 0 Å². The van der Waals surface area contributed by atoms with Crippen molar-refractivity contribution in [3.05, 3.63) is 57.6 Å². The number of halogens is 1. The van der Waals surface area contributed by atoms with Crippen LogP contribution in [-0.2, 0) is 10.0 Å². The molecule has 1 N–H and O–H groups in total. The van der Waals surface area contributed by atoms with E-state index in [1.165, 1.54) is 31.4 Å². The summed E-state index contributed by atoms with van der Waals surface area (Å²) in [6, 6.07) is 9.48. The van der Waals surface area contributed by atoms with Crippen molar-refractivity contribution in [3.8, 4) is 5.75 Å². The molecule has 0 aromatic heterocycles. The van der Waals surface area contributed by atoms with Gasteiger partial charge < -0.3 is 4.74 Å². The predicted octanol–water partition coefficient (Wildman–Crippen LogP) is 3.06. The molecule has 0 saturated heterocycles. The Bertz CT molecular complexity index is 806. The van der Waals surface area contributed by atoms with Crippen LogP contribution in [0.2, 0.25) is 5.02 Å². The summed E-state index contributed by atoms with van der Waals surface area (Å²) >= 11 is 5.66. The van der Waals surface area contributed by atoms with E-state index in [9.17, 15) is 18.5 Å². The Morgan fingerprint density at radius 2 is 1.82 bits per heavy atom. The molecule has 0 unspecified atom stereocenters. The van der Waals surface area contributed by atoms with Crippen LogP contribution in [0.5, 0.6) is 5.75 Å². The lowest BCUT2D eigenvalue weighted by molar-refractivity contribution is -0.384. The summed E-state index contributed by atoms with van der Waals surface area (Å²) in [5.41, 5.74) is -0.169. The lowest BCUT2D eigenvalue weighted by Crippen LogP contribution is -2.13. The normalized spacial score (nSPS) is 11.0. The third-order valence-corrected chi connectivity index (χ3v) is 4.47. The van der Waals surface area contributed by atoms with E-state index in [0.717, 1.165) is 6.07 Å². The minimum absolute atomic E-state index is 0.131. The van der Waals surface area contributed by atoms with Gasteiger partial charge in [0.15, 0.2) is 0 Å². The lowest BCUT2D eigenvalue weighted by atomic mass is 10.3. The molecule has 0 heterocycles. The first-order valence-electron chi connectivity index (χ1n) is 5.94. The Labute approximate surface area is 131 Å². The molecule has 0 atom stereocenters. The summed E-state index contributed by atoms with van der Waals surface area (Å²) in [5.74, 6) is 0.574. The fourth-order valence-electron chi connectivity index (χ4n) is 1.67. The number of nitrogens with one attached hydrogen (secondary N) is 1. The summed E-state index contributed by atoms with van der Waals surface area (Å²) in [6.45, 7) is 0. The van der Waals surface area contributed by atoms with E-state index < -0.39 is 20.6 Å². The Hall–Kier alpha value is -2.32. The number of nitrogens with zero attached hydrogens (tertiary/aromatic N) is 1. The second kappa shape index (κ2) is 6.20. The van der Waals surface area contributed by atoms with Crippen LogP contribution in [0.25, 0.3) is 0 Å². The molecule has 9 heteroatoms. The molecular weight excluding hydrogens is 332 g/mol. The van der Waals surface area contributed by atoms with Crippen LogP contribution in [-0.4, -0.2) is 20.5 Å². The first-order valence-corrected chi connectivity index (χ1v) is 7.80. The number of rotatable bonds is 5. The second-order valence-electron chi connectivity index (χ2n) is 4.20. The lowest BCUT2D eigenvalue weighted by Gasteiger charge is -2.09. The molecule has 0 fully saturated rings. The van der Waals surface area contributed by atoms with Gasteiger partial charge in [-0.05, 0) is 36.4 Å². The van der Waals surface area contributed by atoms with Gasteiger partial charge in [0.05, 0.1) is 16.9 Å². The van der Waals surface area contributed by atoms with Crippen molar-refractivity contribution in [1.29, 1.82) is 0 Å². The molecule has 2 rings (SSSR count). The molecule has 116 valence electrons. The maximum atomic E-state index is 12.2. The average Bonchev–Trinajstić information content (AvgIpc) is 2.47. The number of hydrogen-bond acceptors (Lipinski definition) is 5. The van der Waals surface area contributed by atoms with E-state index in [1.54, 1.807) is 12.1 Å². The molecule has 0 aliphatic carbocycles. The van der Waals surface area contributed by atoms with Crippen molar-refractivity contribution in [2.75, 3.05) is 11.8 Å². The highest BCUT2D eigenvalue weighted by Gasteiger charge is 2.20.